The zero-order chi connectivity index (χ0) is 14.1. The van der Waals surface area contributed by atoms with E-state index < -0.39 is 4.92 Å². The van der Waals surface area contributed by atoms with Crippen LogP contribution in [-0.4, -0.2) is 21.2 Å². The molecule has 0 saturated heterocycles. The van der Waals surface area contributed by atoms with Crippen molar-refractivity contribution in [1.29, 1.82) is 0 Å². The first-order chi connectivity index (χ1) is 9.65. The van der Waals surface area contributed by atoms with Gasteiger partial charge >= 0.3 is 5.00 Å². The first kappa shape index (κ1) is 12.7. The molecule has 3 rings (SSSR count). The molecule has 0 saturated carbocycles. The van der Waals surface area contributed by atoms with Crippen molar-refractivity contribution in [3.8, 4) is 5.75 Å². The van der Waals surface area contributed by atoms with Crippen molar-refractivity contribution in [2.75, 3.05) is 0 Å². The number of aliphatic imine (C=N–C) groups is 1. The van der Waals surface area contributed by atoms with Crippen LogP contribution < -0.4 is 0 Å². The van der Waals surface area contributed by atoms with E-state index in [1.54, 1.807) is 0 Å². The Kier molecular flexibility index (Phi) is 3.17. The van der Waals surface area contributed by atoms with Gasteiger partial charge in [0.2, 0.25) is 5.13 Å². The molecule has 6 nitrogen and oxygen atoms in total. The van der Waals surface area contributed by atoms with Crippen molar-refractivity contribution in [3.05, 3.63) is 45.5 Å². The van der Waals surface area contributed by atoms with E-state index in [0.717, 1.165) is 21.4 Å². The number of thiazole rings is 1. The normalized spacial score (nSPS) is 11.4. The molecule has 1 aromatic carbocycles. The number of hydrogen-bond donors (Lipinski definition) is 1. The summed E-state index contributed by atoms with van der Waals surface area (Å²) in [6, 6.07) is 7.47. The monoisotopic (exact) mass is 305 g/mol. The van der Waals surface area contributed by atoms with Gasteiger partial charge in [0.15, 0.2) is 0 Å². The number of benzene rings is 1. The summed E-state index contributed by atoms with van der Waals surface area (Å²) in [6.07, 6.45) is 2.64. The number of fused-ring (bicyclic) bond motifs is 1. The van der Waals surface area contributed by atoms with Gasteiger partial charge in [0.05, 0.1) is 16.0 Å². The van der Waals surface area contributed by atoms with Crippen molar-refractivity contribution in [1.82, 2.24) is 4.98 Å². The zero-order valence-electron chi connectivity index (χ0n) is 9.89. The highest BCUT2D eigenvalue weighted by atomic mass is 32.1. The van der Waals surface area contributed by atoms with E-state index in [2.05, 4.69) is 9.98 Å². The molecular weight excluding hydrogens is 298 g/mol. The van der Waals surface area contributed by atoms with E-state index in [1.807, 2.05) is 24.3 Å². The molecule has 3 aromatic rings. The van der Waals surface area contributed by atoms with E-state index in [1.165, 1.54) is 23.7 Å². The van der Waals surface area contributed by atoms with Crippen LogP contribution in [0.4, 0.5) is 10.1 Å². The Hall–Kier alpha value is -2.32. The van der Waals surface area contributed by atoms with Crippen LogP contribution in [-0.2, 0) is 0 Å². The lowest BCUT2D eigenvalue weighted by molar-refractivity contribution is -0.380. The number of thiophene rings is 1. The number of nitrogens with zero attached hydrogens (tertiary/aromatic N) is 3. The third-order valence-electron chi connectivity index (χ3n) is 2.55. The average molecular weight is 305 g/mol. The predicted octanol–water partition coefficient (Wildman–Crippen LogP) is 3.72. The minimum Gasteiger partial charge on any atom is -0.506 e. The van der Waals surface area contributed by atoms with E-state index in [-0.39, 0.29) is 15.9 Å². The van der Waals surface area contributed by atoms with Gasteiger partial charge < -0.3 is 5.11 Å². The van der Waals surface area contributed by atoms with Gasteiger partial charge in [-0.3, -0.25) is 10.1 Å². The molecule has 0 spiro atoms. The summed E-state index contributed by atoms with van der Waals surface area (Å²) in [6.45, 7) is 0. The fourth-order valence-corrected chi connectivity index (χ4v) is 3.20. The van der Waals surface area contributed by atoms with Crippen LogP contribution in [0, 0.1) is 10.1 Å². The molecule has 0 unspecified atom stereocenters. The molecule has 0 aliphatic heterocycles. The highest BCUT2D eigenvalue weighted by Crippen LogP contribution is 2.36. The van der Waals surface area contributed by atoms with Crippen LogP contribution >= 0.6 is 22.7 Å². The third kappa shape index (κ3) is 2.26. The largest absolute Gasteiger partial charge is 0.506 e. The topological polar surface area (TPSA) is 88.6 Å². The van der Waals surface area contributed by atoms with Crippen molar-refractivity contribution in [3.63, 3.8) is 0 Å². The second kappa shape index (κ2) is 4.99. The summed E-state index contributed by atoms with van der Waals surface area (Å²) in [7, 11) is 0. The second-order valence-electron chi connectivity index (χ2n) is 3.81. The van der Waals surface area contributed by atoms with E-state index in [0.29, 0.717) is 4.88 Å². The Balaban J connectivity index is 1.93. The van der Waals surface area contributed by atoms with Gasteiger partial charge in [-0.15, -0.1) is 11.3 Å². The molecule has 0 atom stereocenters. The smallest absolute Gasteiger partial charge is 0.345 e. The summed E-state index contributed by atoms with van der Waals surface area (Å²) in [5, 5.41) is 21.6. The molecule has 20 heavy (non-hydrogen) atoms. The summed E-state index contributed by atoms with van der Waals surface area (Å²) < 4.78 is 0.955. The van der Waals surface area contributed by atoms with Crippen LogP contribution in [0.3, 0.4) is 0 Å². The Bertz CT molecular complexity index is 822. The molecule has 100 valence electrons. The minimum atomic E-state index is -0.506. The van der Waals surface area contributed by atoms with Gasteiger partial charge in [0.25, 0.3) is 0 Å². The van der Waals surface area contributed by atoms with E-state index in [4.69, 9.17) is 0 Å². The SMILES string of the molecule is O=[N+]([O-])c1cnc(N=Cc2sc3ccccc3c2O)s1. The zero-order valence-corrected chi connectivity index (χ0v) is 11.5. The summed E-state index contributed by atoms with van der Waals surface area (Å²) in [4.78, 5) is 18.5. The lowest BCUT2D eigenvalue weighted by Crippen LogP contribution is -1.80. The Morgan fingerprint density at radius 3 is 2.85 bits per heavy atom. The summed E-state index contributed by atoms with van der Waals surface area (Å²) in [5.74, 6) is 0.167. The molecule has 0 aliphatic carbocycles. The fourth-order valence-electron chi connectivity index (χ4n) is 1.65. The van der Waals surface area contributed by atoms with Gasteiger partial charge in [0.1, 0.15) is 11.9 Å². The first-order valence-corrected chi connectivity index (χ1v) is 7.13. The molecule has 0 radical (unpaired) electrons. The first-order valence-electron chi connectivity index (χ1n) is 5.50. The Morgan fingerprint density at radius 1 is 1.35 bits per heavy atom. The predicted molar refractivity (Wildman–Crippen MR) is 79.5 cm³/mol. The Morgan fingerprint density at radius 2 is 2.15 bits per heavy atom. The Labute approximate surface area is 120 Å². The number of aromatic nitrogens is 1. The third-order valence-corrected chi connectivity index (χ3v) is 4.50. The molecule has 8 heteroatoms. The van der Waals surface area contributed by atoms with E-state index in [9.17, 15) is 15.2 Å². The van der Waals surface area contributed by atoms with Gasteiger partial charge in [-0.2, -0.15) is 0 Å². The molecular formula is C12H7N3O3S2. The van der Waals surface area contributed by atoms with Crippen LogP contribution in [0.15, 0.2) is 35.5 Å². The average Bonchev–Trinajstić information content (AvgIpc) is 3.03. The van der Waals surface area contributed by atoms with Crippen LogP contribution in [0.5, 0.6) is 5.75 Å². The molecule has 0 fully saturated rings. The molecule has 0 bridgehead atoms. The maximum Gasteiger partial charge on any atom is 0.345 e. The number of nitro groups is 1. The number of aromatic hydroxyl groups is 1. The van der Waals surface area contributed by atoms with Crippen molar-refractivity contribution < 1.29 is 10.0 Å². The quantitative estimate of drug-likeness (QED) is 0.453. The highest BCUT2D eigenvalue weighted by Gasteiger charge is 2.11. The lowest BCUT2D eigenvalue weighted by atomic mass is 10.2. The molecule has 0 aliphatic rings. The maximum atomic E-state index is 10.5. The molecule has 2 aromatic heterocycles. The van der Waals surface area contributed by atoms with Gasteiger partial charge in [-0.1, -0.05) is 12.1 Å². The van der Waals surface area contributed by atoms with Crippen LogP contribution in [0.2, 0.25) is 0 Å². The molecule has 1 N–H and O–H groups in total. The van der Waals surface area contributed by atoms with Gasteiger partial charge in [0, 0.05) is 10.1 Å². The van der Waals surface area contributed by atoms with Crippen LogP contribution in [0.1, 0.15) is 4.88 Å². The number of rotatable bonds is 3. The van der Waals surface area contributed by atoms with Crippen molar-refractivity contribution in [2.24, 2.45) is 4.99 Å². The molecule has 0 amide bonds. The van der Waals surface area contributed by atoms with E-state index >= 15 is 0 Å². The van der Waals surface area contributed by atoms with Crippen molar-refractivity contribution in [2.45, 2.75) is 0 Å². The molecule has 2 heterocycles. The standard InChI is InChI=1S/C12H7N3O3S2/c16-11-7-3-1-2-4-8(7)19-9(11)5-13-12-14-6-10(20-12)15(17)18/h1-6,16H. The van der Waals surface area contributed by atoms with Gasteiger partial charge in [-0.25, -0.2) is 9.98 Å². The summed E-state index contributed by atoms with van der Waals surface area (Å²) in [5.41, 5.74) is 0. The second-order valence-corrected chi connectivity index (χ2v) is 5.88. The van der Waals surface area contributed by atoms with Crippen molar-refractivity contribution >= 4 is 49.1 Å². The maximum absolute atomic E-state index is 10.5. The van der Waals surface area contributed by atoms with Gasteiger partial charge in [-0.05, 0) is 23.5 Å². The number of hydrogen-bond acceptors (Lipinski definition) is 7. The van der Waals surface area contributed by atoms with Crippen LogP contribution in [0.25, 0.3) is 10.1 Å². The summed E-state index contributed by atoms with van der Waals surface area (Å²) >= 11 is 2.29. The lowest BCUT2D eigenvalue weighted by Gasteiger charge is -1.89. The highest BCUT2D eigenvalue weighted by molar-refractivity contribution is 7.21. The minimum absolute atomic E-state index is 0.0577. The fraction of sp³-hybridized carbons (Fsp3) is 0.